The summed E-state index contributed by atoms with van der Waals surface area (Å²) in [5.74, 6) is -0.737. The lowest BCUT2D eigenvalue weighted by Gasteiger charge is -2.16. The van der Waals surface area contributed by atoms with Crippen molar-refractivity contribution in [3.63, 3.8) is 0 Å². The number of rotatable bonds is 3. The molecular formula is C15H13FN4OS. The number of carbonyl (C=O) groups excluding carboxylic acids is 1. The minimum Gasteiger partial charge on any atom is -0.307 e. The van der Waals surface area contributed by atoms with Gasteiger partial charge < -0.3 is 4.90 Å². The Labute approximate surface area is 131 Å². The monoisotopic (exact) mass is 316 g/mol. The molecule has 7 heteroatoms. The fourth-order valence-electron chi connectivity index (χ4n) is 2.32. The van der Waals surface area contributed by atoms with Crippen molar-refractivity contribution in [1.82, 2.24) is 9.88 Å². The Kier molecular flexibility index (Phi) is 3.77. The first-order valence-electron chi connectivity index (χ1n) is 6.77. The highest BCUT2D eigenvalue weighted by atomic mass is 32.1. The SMILES string of the molecule is N#CN1CC[C@](F)(C(=O)Nc2ncc(-c3ccccc3)s2)C1. The Morgan fingerprint density at radius 1 is 1.45 bits per heavy atom. The molecule has 0 unspecified atom stereocenters. The van der Waals surface area contributed by atoms with E-state index in [-0.39, 0.29) is 19.5 Å². The number of benzene rings is 1. The van der Waals surface area contributed by atoms with Gasteiger partial charge in [-0.05, 0) is 5.56 Å². The van der Waals surface area contributed by atoms with Crippen LogP contribution < -0.4 is 5.32 Å². The molecular weight excluding hydrogens is 303 g/mol. The van der Waals surface area contributed by atoms with Gasteiger partial charge >= 0.3 is 0 Å². The fourth-order valence-corrected chi connectivity index (χ4v) is 3.14. The third-order valence-corrected chi connectivity index (χ3v) is 4.51. The lowest BCUT2D eigenvalue weighted by Crippen LogP contribution is -2.40. The zero-order valence-electron chi connectivity index (χ0n) is 11.6. The topological polar surface area (TPSA) is 69.0 Å². The summed E-state index contributed by atoms with van der Waals surface area (Å²) in [6.07, 6.45) is 3.53. The van der Waals surface area contributed by atoms with E-state index in [9.17, 15) is 9.18 Å². The van der Waals surface area contributed by atoms with E-state index >= 15 is 0 Å². The van der Waals surface area contributed by atoms with E-state index in [0.29, 0.717) is 5.13 Å². The van der Waals surface area contributed by atoms with Crippen LogP contribution in [0.3, 0.4) is 0 Å². The third-order valence-electron chi connectivity index (χ3n) is 3.55. The number of hydrogen-bond acceptors (Lipinski definition) is 5. The molecule has 22 heavy (non-hydrogen) atoms. The average Bonchev–Trinajstić information content (AvgIpc) is 3.16. The molecule has 1 fully saturated rings. The zero-order valence-corrected chi connectivity index (χ0v) is 12.4. The van der Waals surface area contributed by atoms with Crippen LogP contribution in [-0.4, -0.2) is 34.5 Å². The number of carbonyl (C=O) groups is 1. The van der Waals surface area contributed by atoms with Crippen LogP contribution in [0.5, 0.6) is 0 Å². The second kappa shape index (κ2) is 5.73. The fraction of sp³-hybridized carbons (Fsp3) is 0.267. The first kappa shape index (κ1) is 14.5. The summed E-state index contributed by atoms with van der Waals surface area (Å²) in [6, 6.07) is 9.63. The van der Waals surface area contributed by atoms with Crippen molar-refractivity contribution < 1.29 is 9.18 Å². The Morgan fingerprint density at radius 3 is 2.91 bits per heavy atom. The van der Waals surface area contributed by atoms with Gasteiger partial charge in [-0.15, -0.1) is 0 Å². The van der Waals surface area contributed by atoms with Gasteiger partial charge in [0.05, 0.1) is 11.4 Å². The number of halogens is 1. The third kappa shape index (κ3) is 2.78. The van der Waals surface area contributed by atoms with Crippen molar-refractivity contribution in [3.05, 3.63) is 36.5 Å². The van der Waals surface area contributed by atoms with Gasteiger partial charge in [0.2, 0.25) is 5.67 Å². The lowest BCUT2D eigenvalue weighted by atomic mass is 10.1. The maximum atomic E-state index is 14.5. The highest BCUT2D eigenvalue weighted by Crippen LogP contribution is 2.31. The summed E-state index contributed by atoms with van der Waals surface area (Å²) < 4.78 is 14.5. The van der Waals surface area contributed by atoms with Gasteiger partial charge in [0.1, 0.15) is 0 Å². The predicted molar refractivity (Wildman–Crippen MR) is 81.8 cm³/mol. The van der Waals surface area contributed by atoms with Gasteiger partial charge in [0.25, 0.3) is 5.91 Å². The Morgan fingerprint density at radius 2 is 2.23 bits per heavy atom. The van der Waals surface area contributed by atoms with Crippen LogP contribution in [0.15, 0.2) is 36.5 Å². The van der Waals surface area contributed by atoms with Crippen LogP contribution in [0.25, 0.3) is 10.4 Å². The molecule has 112 valence electrons. The van der Waals surface area contributed by atoms with Crippen molar-refractivity contribution in [1.29, 1.82) is 5.26 Å². The summed E-state index contributed by atoms with van der Waals surface area (Å²) in [6.45, 7) is 0.0554. The van der Waals surface area contributed by atoms with Gasteiger partial charge in [0, 0.05) is 19.2 Å². The molecule has 0 saturated carbocycles. The first-order valence-corrected chi connectivity index (χ1v) is 7.59. The minimum atomic E-state index is -2.03. The van der Waals surface area contributed by atoms with E-state index in [0.717, 1.165) is 10.4 Å². The quantitative estimate of drug-likeness (QED) is 0.884. The number of hydrogen-bond donors (Lipinski definition) is 1. The number of alkyl halides is 1. The van der Waals surface area contributed by atoms with Crippen molar-refractivity contribution in [2.45, 2.75) is 12.1 Å². The van der Waals surface area contributed by atoms with E-state index in [4.69, 9.17) is 5.26 Å². The number of likely N-dealkylation sites (tertiary alicyclic amines) is 1. The van der Waals surface area contributed by atoms with Gasteiger partial charge in [-0.3, -0.25) is 10.1 Å². The van der Waals surface area contributed by atoms with E-state index < -0.39 is 11.6 Å². The number of thiazole rings is 1. The molecule has 5 nitrogen and oxygen atoms in total. The Hall–Kier alpha value is -2.46. The van der Waals surface area contributed by atoms with E-state index in [2.05, 4.69) is 10.3 Å². The number of nitriles is 1. The molecule has 1 aromatic carbocycles. The van der Waals surface area contributed by atoms with Crippen molar-refractivity contribution >= 4 is 22.4 Å². The summed E-state index contributed by atoms with van der Waals surface area (Å²) in [7, 11) is 0. The molecule has 0 bridgehead atoms. The normalized spacial score (nSPS) is 20.6. The molecule has 0 radical (unpaired) electrons. The van der Waals surface area contributed by atoms with Crippen molar-refractivity contribution in [2.75, 3.05) is 18.4 Å². The zero-order chi connectivity index (χ0) is 15.6. The van der Waals surface area contributed by atoms with Crippen molar-refractivity contribution in [3.8, 4) is 16.6 Å². The Balaban J connectivity index is 1.71. The van der Waals surface area contributed by atoms with Gasteiger partial charge in [-0.25, -0.2) is 9.37 Å². The number of amides is 1. The van der Waals surface area contributed by atoms with E-state index in [1.807, 2.05) is 36.5 Å². The van der Waals surface area contributed by atoms with Gasteiger partial charge in [-0.2, -0.15) is 5.26 Å². The second-order valence-corrected chi connectivity index (χ2v) is 6.12. The standard InChI is InChI=1S/C15H13FN4OS/c16-15(6-7-20(9-15)10-17)13(21)19-14-18-8-12(22-14)11-4-2-1-3-5-11/h1-5,8H,6-7,9H2,(H,18,19,21)/t15-/m1/s1. The number of nitrogens with zero attached hydrogens (tertiary/aromatic N) is 3. The van der Waals surface area contributed by atoms with E-state index in [1.165, 1.54) is 16.2 Å². The van der Waals surface area contributed by atoms with Crippen LogP contribution in [0.4, 0.5) is 9.52 Å². The first-order chi connectivity index (χ1) is 10.6. The van der Waals surface area contributed by atoms with Crippen LogP contribution in [-0.2, 0) is 4.79 Å². The lowest BCUT2D eigenvalue weighted by molar-refractivity contribution is -0.126. The molecule has 2 heterocycles. The number of nitrogens with one attached hydrogen (secondary N) is 1. The maximum Gasteiger partial charge on any atom is 0.265 e. The maximum absolute atomic E-state index is 14.5. The molecule has 3 rings (SSSR count). The summed E-state index contributed by atoms with van der Waals surface area (Å²) in [5, 5.41) is 11.6. The minimum absolute atomic E-state index is 0.0172. The average molecular weight is 316 g/mol. The highest BCUT2D eigenvalue weighted by molar-refractivity contribution is 7.19. The molecule has 1 aliphatic heterocycles. The highest BCUT2D eigenvalue weighted by Gasteiger charge is 2.45. The molecule has 1 saturated heterocycles. The molecule has 1 aromatic heterocycles. The molecule has 1 amide bonds. The molecule has 1 aliphatic rings. The largest absolute Gasteiger partial charge is 0.307 e. The Bertz CT molecular complexity index is 727. The number of anilines is 1. The molecule has 0 spiro atoms. The molecule has 1 atom stereocenters. The van der Waals surface area contributed by atoms with Gasteiger partial charge in [0.15, 0.2) is 11.3 Å². The van der Waals surface area contributed by atoms with Crippen LogP contribution in [0.2, 0.25) is 0 Å². The summed E-state index contributed by atoms with van der Waals surface area (Å²) >= 11 is 1.29. The van der Waals surface area contributed by atoms with Crippen LogP contribution >= 0.6 is 11.3 Å². The van der Waals surface area contributed by atoms with E-state index in [1.54, 1.807) is 6.20 Å². The van der Waals surface area contributed by atoms with Crippen molar-refractivity contribution in [2.24, 2.45) is 0 Å². The second-order valence-electron chi connectivity index (χ2n) is 5.09. The van der Waals surface area contributed by atoms with Crippen LogP contribution in [0.1, 0.15) is 6.42 Å². The summed E-state index contributed by atoms with van der Waals surface area (Å²) in [4.78, 5) is 18.3. The van der Waals surface area contributed by atoms with Gasteiger partial charge in [-0.1, -0.05) is 41.7 Å². The summed E-state index contributed by atoms with van der Waals surface area (Å²) in [5.41, 5.74) is -1.04. The molecule has 0 aliphatic carbocycles. The molecule has 1 N–H and O–H groups in total. The predicted octanol–water partition coefficient (Wildman–Crippen LogP) is 2.64. The van der Waals surface area contributed by atoms with Crippen LogP contribution in [0, 0.1) is 11.5 Å². The molecule has 2 aromatic rings. The smallest absolute Gasteiger partial charge is 0.265 e. The number of aromatic nitrogens is 1.